The van der Waals surface area contributed by atoms with Gasteiger partial charge in [-0.25, -0.2) is 4.98 Å². The van der Waals surface area contributed by atoms with E-state index in [-0.39, 0.29) is 11.5 Å². The number of aromatic nitrogens is 2. The summed E-state index contributed by atoms with van der Waals surface area (Å²) in [7, 11) is 0. The second-order valence-electron chi connectivity index (χ2n) is 4.44. The number of aryl methyl sites for hydroxylation is 1. The van der Waals surface area contributed by atoms with Crippen LogP contribution in [0.15, 0.2) is 30.5 Å². The van der Waals surface area contributed by atoms with Crippen LogP contribution < -0.4 is 0 Å². The van der Waals surface area contributed by atoms with Crippen molar-refractivity contribution < 1.29 is 9.90 Å². The molecule has 1 aromatic carbocycles. The van der Waals surface area contributed by atoms with Crippen molar-refractivity contribution >= 4 is 22.3 Å². The number of aromatic hydroxyl groups is 1. The number of nitrogens with zero attached hydrogens (tertiary/aromatic N) is 2. The Kier molecular flexibility index (Phi) is 2.13. The fourth-order valence-corrected chi connectivity index (χ4v) is 2.18. The van der Waals surface area contributed by atoms with Gasteiger partial charge in [0.1, 0.15) is 17.1 Å². The lowest BCUT2D eigenvalue weighted by molar-refractivity contribution is 0.101. The predicted molar refractivity (Wildman–Crippen MR) is 69.1 cm³/mol. The standard InChI is InChI=1S/C14H12N2O2/c1-8-5-14-15-12(9(2)17)7-16(14)13-6-10(18)3-4-11(8)13/h3-7,18H,1-2H3. The molecule has 0 fully saturated rings. The summed E-state index contributed by atoms with van der Waals surface area (Å²) in [5.41, 5.74) is 3.07. The molecule has 3 rings (SSSR count). The van der Waals surface area contributed by atoms with Gasteiger partial charge in [0, 0.05) is 24.6 Å². The normalized spacial score (nSPS) is 11.2. The molecule has 0 aliphatic carbocycles. The number of imidazole rings is 1. The molecule has 0 aliphatic heterocycles. The summed E-state index contributed by atoms with van der Waals surface area (Å²) in [5.74, 6) is 0.136. The Balaban J connectivity index is 2.50. The number of Topliss-reactive ketones (excluding diaryl/α,β-unsaturated/α-hetero) is 1. The summed E-state index contributed by atoms with van der Waals surface area (Å²) in [6, 6.07) is 7.14. The zero-order valence-corrected chi connectivity index (χ0v) is 10.1. The van der Waals surface area contributed by atoms with Gasteiger partial charge in [-0.05, 0) is 30.7 Å². The number of rotatable bonds is 1. The number of phenols is 1. The molecule has 90 valence electrons. The fraction of sp³-hybridized carbons (Fsp3) is 0.143. The first-order valence-electron chi connectivity index (χ1n) is 5.68. The molecule has 0 bridgehead atoms. The van der Waals surface area contributed by atoms with Gasteiger partial charge in [-0.1, -0.05) is 0 Å². The van der Waals surface area contributed by atoms with Crippen LogP contribution in [0, 0.1) is 6.92 Å². The molecular formula is C14H12N2O2. The van der Waals surface area contributed by atoms with Crippen LogP contribution >= 0.6 is 0 Å². The number of carbonyl (C=O) groups excluding carboxylic acids is 1. The number of hydrogen-bond donors (Lipinski definition) is 1. The second-order valence-corrected chi connectivity index (χ2v) is 4.44. The highest BCUT2D eigenvalue weighted by Gasteiger charge is 2.10. The molecule has 0 spiro atoms. The monoisotopic (exact) mass is 240 g/mol. The van der Waals surface area contributed by atoms with Crippen LogP contribution in [0.3, 0.4) is 0 Å². The Morgan fingerprint density at radius 2 is 2.11 bits per heavy atom. The average molecular weight is 240 g/mol. The van der Waals surface area contributed by atoms with Gasteiger partial charge in [0.15, 0.2) is 5.78 Å². The van der Waals surface area contributed by atoms with Crippen molar-refractivity contribution in [3.8, 4) is 5.75 Å². The minimum Gasteiger partial charge on any atom is -0.508 e. The summed E-state index contributed by atoms with van der Waals surface area (Å²) in [4.78, 5) is 15.7. The van der Waals surface area contributed by atoms with Crippen LogP contribution in [0.2, 0.25) is 0 Å². The molecule has 18 heavy (non-hydrogen) atoms. The van der Waals surface area contributed by atoms with Gasteiger partial charge in [0.05, 0.1) is 5.52 Å². The minimum atomic E-state index is -0.0651. The number of hydrogen-bond acceptors (Lipinski definition) is 3. The molecule has 0 atom stereocenters. The molecule has 1 N–H and O–H groups in total. The third kappa shape index (κ3) is 1.46. The average Bonchev–Trinajstić information content (AvgIpc) is 2.73. The third-order valence-corrected chi connectivity index (χ3v) is 3.11. The first-order chi connectivity index (χ1) is 8.56. The maximum Gasteiger partial charge on any atom is 0.179 e. The molecule has 0 radical (unpaired) electrons. The topological polar surface area (TPSA) is 54.6 Å². The van der Waals surface area contributed by atoms with Gasteiger partial charge in [-0.2, -0.15) is 0 Å². The van der Waals surface area contributed by atoms with Crippen molar-refractivity contribution in [1.82, 2.24) is 9.38 Å². The smallest absolute Gasteiger partial charge is 0.179 e. The van der Waals surface area contributed by atoms with Crippen molar-refractivity contribution in [2.24, 2.45) is 0 Å². The molecule has 0 unspecified atom stereocenters. The highest BCUT2D eigenvalue weighted by molar-refractivity contribution is 5.94. The Bertz CT molecular complexity index is 787. The van der Waals surface area contributed by atoms with Crippen molar-refractivity contribution in [3.63, 3.8) is 0 Å². The van der Waals surface area contributed by atoms with Crippen LogP contribution in [-0.4, -0.2) is 20.3 Å². The third-order valence-electron chi connectivity index (χ3n) is 3.11. The first kappa shape index (κ1) is 10.8. The zero-order valence-electron chi connectivity index (χ0n) is 10.1. The van der Waals surface area contributed by atoms with Gasteiger partial charge in [0.2, 0.25) is 0 Å². The minimum absolute atomic E-state index is 0.0651. The van der Waals surface area contributed by atoms with Crippen LogP contribution in [0.5, 0.6) is 5.75 Å². The summed E-state index contributed by atoms with van der Waals surface area (Å²) in [5, 5.41) is 10.6. The summed E-state index contributed by atoms with van der Waals surface area (Å²) >= 11 is 0. The summed E-state index contributed by atoms with van der Waals surface area (Å²) < 4.78 is 1.83. The first-order valence-corrected chi connectivity index (χ1v) is 5.68. The van der Waals surface area contributed by atoms with Gasteiger partial charge < -0.3 is 5.11 Å². The number of pyridine rings is 1. The van der Waals surface area contributed by atoms with E-state index in [9.17, 15) is 9.90 Å². The van der Waals surface area contributed by atoms with E-state index in [0.717, 1.165) is 22.1 Å². The molecule has 2 heterocycles. The Labute approximate surface area is 104 Å². The molecule has 2 aromatic heterocycles. The van der Waals surface area contributed by atoms with E-state index in [0.29, 0.717) is 5.69 Å². The molecule has 4 heteroatoms. The summed E-state index contributed by atoms with van der Waals surface area (Å²) in [6.07, 6.45) is 1.71. The SMILES string of the molecule is CC(=O)c1cn2c(cc(C)c3ccc(O)cc32)n1. The number of benzene rings is 1. The lowest BCUT2D eigenvalue weighted by Gasteiger charge is -2.05. The van der Waals surface area contributed by atoms with E-state index in [1.165, 1.54) is 6.92 Å². The highest BCUT2D eigenvalue weighted by Crippen LogP contribution is 2.25. The second kappa shape index (κ2) is 3.57. The summed E-state index contributed by atoms with van der Waals surface area (Å²) in [6.45, 7) is 3.48. The molecule has 0 saturated carbocycles. The van der Waals surface area contributed by atoms with Gasteiger partial charge in [-0.15, -0.1) is 0 Å². The highest BCUT2D eigenvalue weighted by atomic mass is 16.3. The van der Waals surface area contributed by atoms with Crippen molar-refractivity contribution in [1.29, 1.82) is 0 Å². The van der Waals surface area contributed by atoms with E-state index < -0.39 is 0 Å². The van der Waals surface area contributed by atoms with Crippen molar-refractivity contribution in [2.75, 3.05) is 0 Å². The molecular weight excluding hydrogens is 228 g/mol. The Morgan fingerprint density at radius 1 is 1.33 bits per heavy atom. The molecule has 3 aromatic rings. The zero-order chi connectivity index (χ0) is 12.9. The lowest BCUT2D eigenvalue weighted by atomic mass is 10.1. The van der Waals surface area contributed by atoms with Gasteiger partial charge in [0.25, 0.3) is 0 Å². The van der Waals surface area contributed by atoms with Gasteiger partial charge >= 0.3 is 0 Å². The van der Waals surface area contributed by atoms with E-state index in [4.69, 9.17) is 0 Å². The largest absolute Gasteiger partial charge is 0.508 e. The van der Waals surface area contributed by atoms with E-state index in [2.05, 4.69) is 4.98 Å². The van der Waals surface area contributed by atoms with E-state index in [1.807, 2.05) is 23.5 Å². The quantitative estimate of drug-likeness (QED) is 0.665. The molecule has 0 saturated heterocycles. The number of fused-ring (bicyclic) bond motifs is 3. The van der Waals surface area contributed by atoms with Crippen molar-refractivity contribution in [2.45, 2.75) is 13.8 Å². The number of phenolic OH excluding ortho intramolecular Hbond substituents is 1. The maximum atomic E-state index is 11.4. The van der Waals surface area contributed by atoms with Crippen LogP contribution in [0.1, 0.15) is 23.0 Å². The Morgan fingerprint density at radius 3 is 2.83 bits per heavy atom. The van der Waals surface area contributed by atoms with Crippen LogP contribution in [0.4, 0.5) is 0 Å². The van der Waals surface area contributed by atoms with Gasteiger partial charge in [-0.3, -0.25) is 9.20 Å². The fourth-order valence-electron chi connectivity index (χ4n) is 2.18. The molecule has 0 amide bonds. The predicted octanol–water partition coefficient (Wildman–Crippen LogP) is 2.70. The van der Waals surface area contributed by atoms with Crippen molar-refractivity contribution in [3.05, 3.63) is 41.7 Å². The molecule has 4 nitrogen and oxygen atoms in total. The maximum absolute atomic E-state index is 11.4. The van der Waals surface area contributed by atoms with Crippen LogP contribution in [-0.2, 0) is 0 Å². The van der Waals surface area contributed by atoms with Crippen LogP contribution in [0.25, 0.3) is 16.6 Å². The van der Waals surface area contributed by atoms with E-state index >= 15 is 0 Å². The van der Waals surface area contributed by atoms with E-state index in [1.54, 1.807) is 18.3 Å². The molecule has 0 aliphatic rings. The number of carbonyl (C=O) groups is 1. The Hall–Kier alpha value is -2.36. The lowest BCUT2D eigenvalue weighted by Crippen LogP contribution is -1.90. The number of ketones is 1.